The van der Waals surface area contributed by atoms with E-state index in [0.717, 1.165) is 6.42 Å². The number of ether oxygens (including phenoxy) is 1. The molecule has 0 amide bonds. The van der Waals surface area contributed by atoms with Crippen molar-refractivity contribution < 1.29 is 4.74 Å². The molecule has 0 aliphatic carbocycles. The monoisotopic (exact) mass is 184 g/mol. The molecule has 0 saturated carbocycles. The summed E-state index contributed by atoms with van der Waals surface area (Å²) in [6.07, 6.45) is 1.54. The van der Waals surface area contributed by atoms with Crippen LogP contribution in [0.1, 0.15) is 54.9 Å². The molecule has 1 fully saturated rings. The molecular formula is C12H24O. The lowest BCUT2D eigenvalue weighted by molar-refractivity contribution is -0.222. The van der Waals surface area contributed by atoms with Crippen molar-refractivity contribution in [3.63, 3.8) is 0 Å². The smallest absolute Gasteiger partial charge is 0.0685 e. The third-order valence-electron chi connectivity index (χ3n) is 4.49. The molecule has 1 heterocycles. The van der Waals surface area contributed by atoms with Crippen LogP contribution in [0.2, 0.25) is 0 Å². The lowest BCUT2D eigenvalue weighted by atomic mass is 9.56. The largest absolute Gasteiger partial charge is 0.372 e. The Balaban J connectivity index is 3.03. The molecule has 1 saturated heterocycles. The normalized spacial score (nSPS) is 35.8. The quantitative estimate of drug-likeness (QED) is 0.558. The van der Waals surface area contributed by atoms with Crippen LogP contribution in [0.15, 0.2) is 0 Å². The molecule has 0 N–H and O–H groups in total. The number of hydrogen-bond acceptors (Lipinski definition) is 1. The van der Waals surface area contributed by atoms with Gasteiger partial charge in [0, 0.05) is 0 Å². The van der Waals surface area contributed by atoms with Crippen molar-refractivity contribution in [3.8, 4) is 0 Å². The van der Waals surface area contributed by atoms with Gasteiger partial charge in [-0.15, -0.1) is 0 Å². The Morgan fingerprint density at radius 1 is 1.00 bits per heavy atom. The first-order valence-corrected chi connectivity index (χ1v) is 5.28. The molecule has 1 unspecified atom stereocenters. The first-order valence-electron chi connectivity index (χ1n) is 5.28. The van der Waals surface area contributed by atoms with Crippen molar-refractivity contribution in [2.75, 3.05) is 0 Å². The Bertz CT molecular complexity index is 181. The Morgan fingerprint density at radius 3 is 1.85 bits per heavy atom. The molecule has 13 heavy (non-hydrogen) atoms. The summed E-state index contributed by atoms with van der Waals surface area (Å²) in [6, 6.07) is 0. The maximum absolute atomic E-state index is 6.02. The van der Waals surface area contributed by atoms with Crippen LogP contribution in [0, 0.1) is 10.8 Å². The second kappa shape index (κ2) is 2.73. The van der Waals surface area contributed by atoms with Crippen molar-refractivity contribution >= 4 is 0 Å². The van der Waals surface area contributed by atoms with Crippen LogP contribution in [0.3, 0.4) is 0 Å². The molecule has 1 atom stereocenters. The summed E-state index contributed by atoms with van der Waals surface area (Å²) in [4.78, 5) is 0. The topological polar surface area (TPSA) is 9.23 Å². The molecule has 0 spiro atoms. The van der Waals surface area contributed by atoms with E-state index >= 15 is 0 Å². The minimum atomic E-state index is -0.0197. The van der Waals surface area contributed by atoms with Crippen molar-refractivity contribution in [2.45, 2.75) is 66.6 Å². The van der Waals surface area contributed by atoms with Gasteiger partial charge in [-0.1, -0.05) is 27.7 Å². The molecule has 0 aromatic heterocycles. The average Bonchev–Trinajstić information content (AvgIpc) is 1.80. The molecule has 1 heteroatoms. The third-order valence-corrected chi connectivity index (χ3v) is 4.49. The molecule has 0 aromatic rings. The zero-order valence-electron chi connectivity index (χ0n) is 10.2. The fourth-order valence-electron chi connectivity index (χ4n) is 2.48. The van der Waals surface area contributed by atoms with Crippen LogP contribution in [0.4, 0.5) is 0 Å². The van der Waals surface area contributed by atoms with Gasteiger partial charge in [-0.3, -0.25) is 0 Å². The summed E-state index contributed by atoms with van der Waals surface area (Å²) in [5, 5.41) is 0. The molecule has 1 nitrogen and oxygen atoms in total. The maximum atomic E-state index is 6.02. The van der Waals surface area contributed by atoms with Gasteiger partial charge in [0.25, 0.3) is 0 Å². The second-order valence-electron chi connectivity index (χ2n) is 6.15. The highest BCUT2D eigenvalue weighted by atomic mass is 16.5. The van der Waals surface area contributed by atoms with Crippen LogP contribution in [-0.4, -0.2) is 11.7 Å². The van der Waals surface area contributed by atoms with Crippen molar-refractivity contribution in [1.82, 2.24) is 0 Å². The minimum absolute atomic E-state index is 0.0197. The molecule has 0 radical (unpaired) electrons. The highest BCUT2D eigenvalue weighted by Gasteiger charge is 2.53. The summed E-state index contributed by atoms with van der Waals surface area (Å²) in [5.41, 5.74) is 0.564. The van der Waals surface area contributed by atoms with Gasteiger partial charge in [-0.05, 0) is 38.0 Å². The third kappa shape index (κ3) is 1.52. The predicted octanol–water partition coefficient (Wildman–Crippen LogP) is 3.63. The summed E-state index contributed by atoms with van der Waals surface area (Å²) >= 11 is 0. The van der Waals surface area contributed by atoms with Gasteiger partial charge in [0.1, 0.15) is 0 Å². The zero-order valence-corrected chi connectivity index (χ0v) is 10.2. The molecular weight excluding hydrogens is 160 g/mol. The molecule has 1 rings (SSSR count). The fraction of sp³-hybridized carbons (Fsp3) is 1.00. The van der Waals surface area contributed by atoms with E-state index in [1.54, 1.807) is 0 Å². The molecule has 1 aliphatic heterocycles. The van der Waals surface area contributed by atoms with E-state index in [4.69, 9.17) is 4.74 Å². The molecule has 1 aliphatic rings. The standard InChI is InChI=1S/C12H24O/c1-9-8-10(2,3)11(4,5)12(6,7)13-9/h9H,8H2,1-7H3. The summed E-state index contributed by atoms with van der Waals surface area (Å²) in [6.45, 7) is 16.0. The van der Waals surface area contributed by atoms with Crippen molar-refractivity contribution in [2.24, 2.45) is 10.8 Å². The lowest BCUT2D eigenvalue weighted by Crippen LogP contribution is -2.57. The molecule has 78 valence electrons. The van der Waals surface area contributed by atoms with Gasteiger partial charge in [0.05, 0.1) is 11.7 Å². The van der Waals surface area contributed by atoms with Gasteiger partial charge in [-0.25, -0.2) is 0 Å². The molecule has 0 aromatic carbocycles. The van der Waals surface area contributed by atoms with Gasteiger partial charge in [-0.2, -0.15) is 0 Å². The lowest BCUT2D eigenvalue weighted by Gasteiger charge is -2.57. The predicted molar refractivity (Wildman–Crippen MR) is 56.8 cm³/mol. The average molecular weight is 184 g/mol. The second-order valence-corrected chi connectivity index (χ2v) is 6.15. The van der Waals surface area contributed by atoms with Crippen LogP contribution in [-0.2, 0) is 4.74 Å². The SMILES string of the molecule is CC1CC(C)(C)C(C)(C)C(C)(C)O1. The summed E-state index contributed by atoms with van der Waals surface area (Å²) < 4.78 is 6.02. The Morgan fingerprint density at radius 2 is 1.46 bits per heavy atom. The first kappa shape index (κ1) is 11.0. The van der Waals surface area contributed by atoms with E-state index in [-0.39, 0.29) is 11.0 Å². The van der Waals surface area contributed by atoms with Gasteiger partial charge in [0.15, 0.2) is 0 Å². The molecule has 0 bridgehead atoms. The van der Waals surface area contributed by atoms with Crippen LogP contribution in [0.5, 0.6) is 0 Å². The van der Waals surface area contributed by atoms with Crippen molar-refractivity contribution in [1.29, 1.82) is 0 Å². The highest BCUT2D eigenvalue weighted by Crippen LogP contribution is 2.54. The summed E-state index contributed by atoms with van der Waals surface area (Å²) in [5.74, 6) is 0. The van der Waals surface area contributed by atoms with Gasteiger partial charge in [0.2, 0.25) is 0 Å². The maximum Gasteiger partial charge on any atom is 0.0685 e. The van der Waals surface area contributed by atoms with E-state index in [9.17, 15) is 0 Å². The number of rotatable bonds is 0. The van der Waals surface area contributed by atoms with Crippen LogP contribution in [0.25, 0.3) is 0 Å². The van der Waals surface area contributed by atoms with E-state index in [2.05, 4.69) is 48.5 Å². The van der Waals surface area contributed by atoms with Gasteiger partial charge < -0.3 is 4.74 Å². The first-order chi connectivity index (χ1) is 5.60. The Labute approximate surface area is 82.9 Å². The van der Waals surface area contributed by atoms with Crippen molar-refractivity contribution in [3.05, 3.63) is 0 Å². The van der Waals surface area contributed by atoms with E-state index in [0.29, 0.717) is 11.5 Å². The fourth-order valence-corrected chi connectivity index (χ4v) is 2.48. The number of hydrogen-bond donors (Lipinski definition) is 0. The Kier molecular flexibility index (Phi) is 2.31. The van der Waals surface area contributed by atoms with Gasteiger partial charge >= 0.3 is 0 Å². The Hall–Kier alpha value is -0.0400. The summed E-state index contributed by atoms with van der Waals surface area (Å²) in [7, 11) is 0. The van der Waals surface area contributed by atoms with E-state index in [1.165, 1.54) is 0 Å². The van der Waals surface area contributed by atoms with E-state index < -0.39 is 0 Å². The van der Waals surface area contributed by atoms with Crippen LogP contribution < -0.4 is 0 Å². The van der Waals surface area contributed by atoms with E-state index in [1.807, 2.05) is 0 Å². The minimum Gasteiger partial charge on any atom is -0.372 e. The highest BCUT2D eigenvalue weighted by molar-refractivity contribution is 5.02. The zero-order chi connectivity index (χ0) is 10.5. The van der Waals surface area contributed by atoms with Crippen LogP contribution >= 0.6 is 0 Å².